The number of nitrogens with zero attached hydrogens (tertiary/aromatic N) is 3. The predicted molar refractivity (Wildman–Crippen MR) is 119 cm³/mol. The molecule has 0 unspecified atom stereocenters. The molecule has 29 heavy (non-hydrogen) atoms. The number of aromatic nitrogens is 3. The lowest BCUT2D eigenvalue weighted by molar-refractivity contribution is 0.408. The van der Waals surface area contributed by atoms with Gasteiger partial charge in [0.2, 0.25) is 0 Å². The van der Waals surface area contributed by atoms with Crippen molar-refractivity contribution in [1.82, 2.24) is 14.5 Å². The first kappa shape index (κ1) is 19.3. The summed E-state index contributed by atoms with van der Waals surface area (Å²) in [6.07, 6.45) is 3.62. The molecule has 2 aromatic carbocycles. The van der Waals surface area contributed by atoms with Gasteiger partial charge in [-0.2, -0.15) is 0 Å². The Labute approximate surface area is 175 Å². The van der Waals surface area contributed by atoms with Gasteiger partial charge in [-0.3, -0.25) is 0 Å². The van der Waals surface area contributed by atoms with Crippen LogP contribution in [0.1, 0.15) is 26.3 Å². The second kappa shape index (κ2) is 7.08. The number of halogens is 1. The molecule has 0 fully saturated rings. The van der Waals surface area contributed by atoms with Crippen LogP contribution < -0.4 is 10.5 Å². The molecular weight excluding hydrogens is 384 g/mol. The second-order valence-electron chi connectivity index (χ2n) is 8.08. The van der Waals surface area contributed by atoms with Crippen LogP contribution in [0, 0.1) is 6.92 Å². The molecule has 0 amide bonds. The highest BCUT2D eigenvalue weighted by Crippen LogP contribution is 2.38. The molecule has 0 aliphatic rings. The number of nitrogen functional groups attached to an aromatic ring is 1. The van der Waals surface area contributed by atoms with E-state index >= 15 is 0 Å². The van der Waals surface area contributed by atoms with Crippen LogP contribution in [0.15, 0.2) is 55.0 Å². The van der Waals surface area contributed by atoms with Crippen LogP contribution in [0.5, 0.6) is 11.5 Å². The number of aryl methyl sites for hydroxylation is 1. The van der Waals surface area contributed by atoms with Crippen molar-refractivity contribution in [1.29, 1.82) is 0 Å². The van der Waals surface area contributed by atoms with E-state index in [0.717, 1.165) is 33.5 Å². The minimum atomic E-state index is -0.138. The molecule has 0 saturated carbocycles. The van der Waals surface area contributed by atoms with Crippen LogP contribution in [-0.4, -0.2) is 14.5 Å². The fourth-order valence-corrected chi connectivity index (χ4v) is 3.65. The molecule has 5 nitrogen and oxygen atoms in total. The lowest BCUT2D eigenvalue weighted by Crippen LogP contribution is -2.21. The lowest BCUT2D eigenvalue weighted by atomic mass is 10.0. The zero-order valence-corrected chi connectivity index (χ0v) is 17.7. The van der Waals surface area contributed by atoms with Crippen molar-refractivity contribution in [2.24, 2.45) is 0 Å². The van der Waals surface area contributed by atoms with E-state index in [1.165, 1.54) is 6.33 Å². The van der Waals surface area contributed by atoms with Gasteiger partial charge in [0.1, 0.15) is 29.3 Å². The van der Waals surface area contributed by atoms with Gasteiger partial charge in [-0.15, -0.1) is 0 Å². The van der Waals surface area contributed by atoms with E-state index in [4.69, 9.17) is 22.1 Å². The van der Waals surface area contributed by atoms with Crippen LogP contribution >= 0.6 is 11.6 Å². The molecule has 6 heteroatoms. The first-order valence-corrected chi connectivity index (χ1v) is 9.78. The van der Waals surface area contributed by atoms with Gasteiger partial charge in [0.15, 0.2) is 0 Å². The summed E-state index contributed by atoms with van der Waals surface area (Å²) >= 11 is 6.05. The number of rotatable bonds is 3. The number of hydrogen-bond acceptors (Lipinski definition) is 4. The topological polar surface area (TPSA) is 66.0 Å². The zero-order valence-electron chi connectivity index (χ0n) is 16.9. The van der Waals surface area contributed by atoms with Crippen molar-refractivity contribution in [3.63, 3.8) is 0 Å². The van der Waals surface area contributed by atoms with E-state index in [-0.39, 0.29) is 5.54 Å². The maximum Gasteiger partial charge on any atom is 0.146 e. The fraction of sp³-hybridized carbons (Fsp3) is 0.217. The van der Waals surface area contributed by atoms with Gasteiger partial charge in [-0.1, -0.05) is 23.7 Å². The number of anilines is 1. The Morgan fingerprint density at radius 3 is 2.45 bits per heavy atom. The van der Waals surface area contributed by atoms with Gasteiger partial charge in [-0.25, -0.2) is 9.97 Å². The minimum Gasteiger partial charge on any atom is -0.457 e. The Balaban J connectivity index is 1.80. The molecule has 0 aliphatic carbocycles. The van der Waals surface area contributed by atoms with Gasteiger partial charge < -0.3 is 15.0 Å². The van der Waals surface area contributed by atoms with Crippen molar-refractivity contribution in [3.8, 4) is 22.6 Å². The molecule has 0 saturated heterocycles. The fourth-order valence-electron chi connectivity index (χ4n) is 3.47. The Kier molecular flexibility index (Phi) is 4.71. The molecule has 2 heterocycles. The van der Waals surface area contributed by atoms with Crippen LogP contribution in [0.25, 0.3) is 22.2 Å². The van der Waals surface area contributed by atoms with Gasteiger partial charge >= 0.3 is 0 Å². The summed E-state index contributed by atoms with van der Waals surface area (Å²) in [6, 6.07) is 13.4. The number of nitrogens with two attached hydrogens (primary N) is 1. The van der Waals surface area contributed by atoms with Crippen molar-refractivity contribution >= 4 is 28.5 Å². The van der Waals surface area contributed by atoms with E-state index < -0.39 is 0 Å². The summed E-state index contributed by atoms with van der Waals surface area (Å²) in [6.45, 7) is 8.48. The first-order valence-electron chi connectivity index (χ1n) is 9.40. The SMILES string of the molecule is Cc1cc(Oc2cccc(Cl)c2)ccc1-c1cn(C(C)(C)C)c2ncnc(N)c12. The second-order valence-corrected chi connectivity index (χ2v) is 8.51. The number of fused-ring (bicyclic) bond motifs is 1. The maximum atomic E-state index is 6.25. The minimum absolute atomic E-state index is 0.138. The summed E-state index contributed by atoms with van der Waals surface area (Å²) in [4.78, 5) is 8.72. The summed E-state index contributed by atoms with van der Waals surface area (Å²) in [5, 5.41) is 1.51. The Morgan fingerprint density at radius 1 is 1.00 bits per heavy atom. The third kappa shape index (κ3) is 3.66. The molecule has 2 N–H and O–H groups in total. The number of benzene rings is 2. The summed E-state index contributed by atoms with van der Waals surface area (Å²) in [7, 11) is 0. The summed E-state index contributed by atoms with van der Waals surface area (Å²) in [5.41, 5.74) is 10.1. The molecule has 0 aliphatic heterocycles. The highest BCUT2D eigenvalue weighted by Gasteiger charge is 2.22. The molecule has 0 radical (unpaired) electrons. The van der Waals surface area contributed by atoms with E-state index in [0.29, 0.717) is 16.6 Å². The molecular formula is C23H23ClN4O. The highest BCUT2D eigenvalue weighted by atomic mass is 35.5. The zero-order chi connectivity index (χ0) is 20.8. The average Bonchev–Trinajstić information content (AvgIpc) is 3.03. The van der Waals surface area contributed by atoms with E-state index in [1.807, 2.05) is 36.4 Å². The largest absolute Gasteiger partial charge is 0.457 e. The van der Waals surface area contributed by atoms with E-state index in [2.05, 4.69) is 48.4 Å². The average molecular weight is 407 g/mol. The smallest absolute Gasteiger partial charge is 0.146 e. The van der Waals surface area contributed by atoms with Gasteiger partial charge in [0.25, 0.3) is 0 Å². The molecule has 4 rings (SSSR count). The molecule has 0 atom stereocenters. The quantitative estimate of drug-likeness (QED) is 0.440. The third-order valence-corrected chi connectivity index (χ3v) is 5.09. The normalized spacial score (nSPS) is 11.8. The monoisotopic (exact) mass is 406 g/mol. The lowest BCUT2D eigenvalue weighted by Gasteiger charge is -2.21. The van der Waals surface area contributed by atoms with Crippen LogP contribution in [-0.2, 0) is 5.54 Å². The standard InChI is InChI=1S/C23H23ClN4O/c1-14-10-17(29-16-7-5-6-15(24)11-16)8-9-18(14)19-12-28(23(2,3)4)22-20(19)21(25)26-13-27-22/h5-13H,1-4H3,(H2,25,26,27). The molecule has 2 aromatic heterocycles. The third-order valence-electron chi connectivity index (χ3n) is 4.85. The van der Waals surface area contributed by atoms with Crippen molar-refractivity contribution in [3.05, 3.63) is 65.6 Å². The number of ether oxygens (including phenoxy) is 1. The van der Waals surface area contributed by atoms with E-state index in [9.17, 15) is 0 Å². The van der Waals surface area contributed by atoms with Crippen LogP contribution in [0.3, 0.4) is 0 Å². The Hall–Kier alpha value is -3.05. The molecule has 0 bridgehead atoms. The van der Waals surface area contributed by atoms with Crippen molar-refractivity contribution in [2.75, 3.05) is 5.73 Å². The molecule has 4 aromatic rings. The number of hydrogen-bond donors (Lipinski definition) is 1. The predicted octanol–water partition coefficient (Wildman–Crippen LogP) is 6.19. The Bertz CT molecular complexity index is 1210. The maximum absolute atomic E-state index is 6.25. The molecule has 0 spiro atoms. The Morgan fingerprint density at radius 2 is 1.76 bits per heavy atom. The van der Waals surface area contributed by atoms with Gasteiger partial charge in [0, 0.05) is 22.3 Å². The van der Waals surface area contributed by atoms with Crippen molar-refractivity contribution in [2.45, 2.75) is 33.2 Å². The van der Waals surface area contributed by atoms with Crippen LogP contribution in [0.2, 0.25) is 5.02 Å². The molecule has 148 valence electrons. The van der Waals surface area contributed by atoms with Crippen LogP contribution in [0.4, 0.5) is 5.82 Å². The highest BCUT2D eigenvalue weighted by molar-refractivity contribution is 6.30. The first-order chi connectivity index (χ1) is 13.7. The van der Waals surface area contributed by atoms with Gasteiger partial charge in [-0.05, 0) is 69.2 Å². The van der Waals surface area contributed by atoms with Crippen molar-refractivity contribution < 1.29 is 4.74 Å². The van der Waals surface area contributed by atoms with Gasteiger partial charge in [0.05, 0.1) is 5.39 Å². The summed E-state index contributed by atoms with van der Waals surface area (Å²) < 4.78 is 8.11. The van der Waals surface area contributed by atoms with E-state index in [1.54, 1.807) is 6.07 Å². The summed E-state index contributed by atoms with van der Waals surface area (Å²) in [5.74, 6) is 1.93.